The monoisotopic (exact) mass is 305 g/mol. The van der Waals surface area contributed by atoms with Gasteiger partial charge in [0.25, 0.3) is 5.56 Å². The fourth-order valence-electron chi connectivity index (χ4n) is 2.06. The number of likely N-dealkylation sites (N-methyl/N-ethyl adjacent to an activating group) is 1. The molecule has 0 saturated carbocycles. The van der Waals surface area contributed by atoms with Crippen LogP contribution in [-0.4, -0.2) is 28.0 Å². The summed E-state index contributed by atoms with van der Waals surface area (Å²) in [5.74, 6) is 0.666. The van der Waals surface area contributed by atoms with E-state index in [0.29, 0.717) is 28.3 Å². The van der Waals surface area contributed by atoms with Crippen LogP contribution >= 0.6 is 11.6 Å². The number of H-pyrrole nitrogens is 1. The largest absolute Gasteiger partial charge is 0.309 e. The van der Waals surface area contributed by atoms with Gasteiger partial charge >= 0.3 is 0 Å². The van der Waals surface area contributed by atoms with Gasteiger partial charge in [0, 0.05) is 11.6 Å². The Balaban J connectivity index is 2.29. The molecule has 0 aliphatic rings. The second-order valence-electron chi connectivity index (χ2n) is 5.28. The van der Waals surface area contributed by atoms with Crippen LogP contribution in [0.25, 0.3) is 10.9 Å². The van der Waals surface area contributed by atoms with Gasteiger partial charge in [-0.2, -0.15) is 0 Å². The Kier molecular flexibility index (Phi) is 5.15. The molecule has 0 amide bonds. The van der Waals surface area contributed by atoms with Gasteiger partial charge in [-0.25, -0.2) is 4.98 Å². The van der Waals surface area contributed by atoms with Crippen molar-refractivity contribution in [2.75, 3.05) is 13.1 Å². The summed E-state index contributed by atoms with van der Waals surface area (Å²) in [4.78, 5) is 21.6. The number of hydrogen-bond donors (Lipinski definition) is 1. The molecule has 21 heavy (non-hydrogen) atoms. The van der Waals surface area contributed by atoms with Gasteiger partial charge in [-0.05, 0) is 38.6 Å². The van der Waals surface area contributed by atoms with Crippen LogP contribution in [0.5, 0.6) is 0 Å². The summed E-state index contributed by atoms with van der Waals surface area (Å²) in [5.41, 5.74) is 1.80. The predicted molar refractivity (Wildman–Crippen MR) is 87.8 cm³/mol. The molecule has 1 heterocycles. The van der Waals surface area contributed by atoms with Crippen LogP contribution in [0.3, 0.4) is 0 Å². The summed E-state index contributed by atoms with van der Waals surface area (Å²) in [6, 6.07) is 5.13. The quantitative estimate of drug-likeness (QED) is 0.862. The van der Waals surface area contributed by atoms with Gasteiger partial charge in [0.15, 0.2) is 0 Å². The molecule has 0 fully saturated rings. The molecule has 0 aliphatic carbocycles. The Labute approximate surface area is 129 Å². The first-order valence-corrected chi connectivity index (χ1v) is 7.41. The molecular weight excluding hydrogens is 286 g/mol. The fourth-order valence-corrected chi connectivity index (χ4v) is 2.23. The molecule has 5 heteroatoms. The smallest absolute Gasteiger partial charge is 0.258 e. The number of allylic oxidation sites excluding steroid dienone is 1. The van der Waals surface area contributed by atoms with E-state index in [4.69, 9.17) is 11.6 Å². The van der Waals surface area contributed by atoms with Crippen molar-refractivity contribution in [1.29, 1.82) is 0 Å². The highest BCUT2D eigenvalue weighted by molar-refractivity contribution is 6.31. The molecule has 1 aromatic heterocycles. The van der Waals surface area contributed by atoms with E-state index in [0.717, 1.165) is 13.1 Å². The van der Waals surface area contributed by atoms with E-state index in [9.17, 15) is 4.79 Å². The molecule has 1 aromatic carbocycles. The Morgan fingerprint density at radius 3 is 2.86 bits per heavy atom. The number of nitrogens with one attached hydrogen (secondary N) is 1. The number of aromatic nitrogens is 2. The average Bonchev–Trinajstić information content (AvgIpc) is 2.42. The van der Waals surface area contributed by atoms with Gasteiger partial charge in [0.2, 0.25) is 0 Å². The fraction of sp³-hybridized carbons (Fsp3) is 0.375. The van der Waals surface area contributed by atoms with Crippen LogP contribution in [0.4, 0.5) is 0 Å². The van der Waals surface area contributed by atoms with Crippen LogP contribution < -0.4 is 5.56 Å². The van der Waals surface area contributed by atoms with Crippen LogP contribution in [0, 0.1) is 0 Å². The lowest BCUT2D eigenvalue weighted by Gasteiger charge is -2.18. The number of benzene rings is 1. The highest BCUT2D eigenvalue weighted by Crippen LogP contribution is 2.14. The average molecular weight is 306 g/mol. The topological polar surface area (TPSA) is 49.0 Å². The lowest BCUT2D eigenvalue weighted by atomic mass is 10.2. The maximum Gasteiger partial charge on any atom is 0.258 e. The molecule has 1 N–H and O–H groups in total. The van der Waals surface area contributed by atoms with E-state index in [-0.39, 0.29) is 5.56 Å². The van der Waals surface area contributed by atoms with Crippen LogP contribution in [-0.2, 0) is 6.54 Å². The third-order valence-electron chi connectivity index (χ3n) is 3.30. The summed E-state index contributed by atoms with van der Waals surface area (Å²) >= 11 is 5.97. The second-order valence-corrected chi connectivity index (χ2v) is 5.72. The Hall–Kier alpha value is -1.65. The molecular formula is C16H20ClN3O. The van der Waals surface area contributed by atoms with E-state index in [2.05, 4.69) is 41.7 Å². The summed E-state index contributed by atoms with van der Waals surface area (Å²) in [5, 5.41) is 1.15. The normalized spacial score (nSPS) is 11.1. The molecule has 0 saturated heterocycles. The first kappa shape index (κ1) is 15.7. The van der Waals surface area contributed by atoms with E-state index >= 15 is 0 Å². The molecule has 4 nitrogen and oxygen atoms in total. The minimum atomic E-state index is -0.120. The molecule has 0 radical (unpaired) electrons. The highest BCUT2D eigenvalue weighted by atomic mass is 35.5. The number of nitrogens with zero attached hydrogens (tertiary/aromatic N) is 2. The zero-order valence-corrected chi connectivity index (χ0v) is 13.4. The molecule has 0 aliphatic heterocycles. The van der Waals surface area contributed by atoms with Crippen molar-refractivity contribution < 1.29 is 0 Å². The number of fused-ring (bicyclic) bond motifs is 1. The van der Waals surface area contributed by atoms with Crippen molar-refractivity contribution in [2.45, 2.75) is 27.3 Å². The van der Waals surface area contributed by atoms with Crippen LogP contribution in [0.15, 0.2) is 34.6 Å². The van der Waals surface area contributed by atoms with E-state index in [1.165, 1.54) is 5.57 Å². The van der Waals surface area contributed by atoms with Crippen molar-refractivity contribution in [3.05, 3.63) is 51.0 Å². The van der Waals surface area contributed by atoms with Gasteiger partial charge in [0.1, 0.15) is 5.82 Å². The standard InChI is InChI=1S/C16H20ClN3O/c1-4-20(8-7-11(2)3)10-15-18-14-9-12(17)5-6-13(14)16(21)19-15/h5-7,9H,4,8,10H2,1-3H3,(H,18,19,21). The number of rotatable bonds is 5. The highest BCUT2D eigenvalue weighted by Gasteiger charge is 2.08. The summed E-state index contributed by atoms with van der Waals surface area (Å²) in [6.45, 7) is 8.59. The van der Waals surface area contributed by atoms with Crippen molar-refractivity contribution in [3.63, 3.8) is 0 Å². The maximum absolute atomic E-state index is 12.1. The Morgan fingerprint density at radius 2 is 2.19 bits per heavy atom. The van der Waals surface area contributed by atoms with Crippen LogP contribution in [0.1, 0.15) is 26.6 Å². The summed E-state index contributed by atoms with van der Waals surface area (Å²) in [6.07, 6.45) is 2.17. The molecule has 2 aromatic rings. The SMILES string of the molecule is CCN(CC=C(C)C)Cc1nc2cc(Cl)ccc2c(=O)[nH]1. The first-order chi connectivity index (χ1) is 9.99. The Bertz CT molecular complexity index is 717. The predicted octanol–water partition coefficient (Wildman–Crippen LogP) is 3.36. The maximum atomic E-state index is 12.1. The van der Waals surface area contributed by atoms with Gasteiger partial charge in [-0.3, -0.25) is 9.69 Å². The molecule has 2 rings (SSSR count). The van der Waals surface area contributed by atoms with Crippen molar-refractivity contribution >= 4 is 22.5 Å². The first-order valence-electron chi connectivity index (χ1n) is 7.03. The summed E-state index contributed by atoms with van der Waals surface area (Å²) in [7, 11) is 0. The van der Waals surface area contributed by atoms with Gasteiger partial charge < -0.3 is 4.98 Å². The van der Waals surface area contributed by atoms with Crippen molar-refractivity contribution in [3.8, 4) is 0 Å². The number of hydrogen-bond acceptors (Lipinski definition) is 3. The molecule has 0 spiro atoms. The molecule has 112 valence electrons. The third kappa shape index (κ3) is 4.16. The molecule has 0 atom stereocenters. The Morgan fingerprint density at radius 1 is 1.43 bits per heavy atom. The van der Waals surface area contributed by atoms with E-state index in [1.807, 2.05) is 0 Å². The molecule has 0 unspecified atom stereocenters. The minimum Gasteiger partial charge on any atom is -0.309 e. The zero-order chi connectivity index (χ0) is 15.4. The van der Waals surface area contributed by atoms with Gasteiger partial charge in [-0.15, -0.1) is 0 Å². The second kappa shape index (κ2) is 6.87. The van der Waals surface area contributed by atoms with E-state index < -0.39 is 0 Å². The lowest BCUT2D eigenvalue weighted by molar-refractivity contribution is 0.302. The lowest BCUT2D eigenvalue weighted by Crippen LogP contribution is -2.26. The minimum absolute atomic E-state index is 0.120. The van der Waals surface area contributed by atoms with Crippen molar-refractivity contribution in [1.82, 2.24) is 14.9 Å². The molecule has 0 bridgehead atoms. The van der Waals surface area contributed by atoms with Crippen molar-refractivity contribution in [2.24, 2.45) is 0 Å². The number of halogens is 1. The summed E-state index contributed by atoms with van der Waals surface area (Å²) < 4.78 is 0. The third-order valence-corrected chi connectivity index (χ3v) is 3.53. The van der Waals surface area contributed by atoms with Crippen LogP contribution in [0.2, 0.25) is 5.02 Å². The van der Waals surface area contributed by atoms with E-state index in [1.54, 1.807) is 18.2 Å². The zero-order valence-electron chi connectivity index (χ0n) is 12.6. The van der Waals surface area contributed by atoms with Gasteiger partial charge in [0.05, 0.1) is 17.4 Å². The van der Waals surface area contributed by atoms with Gasteiger partial charge in [-0.1, -0.05) is 30.2 Å². The number of aromatic amines is 1.